The highest BCUT2D eigenvalue weighted by Crippen LogP contribution is 2.39. The SMILES string of the molecule is COc1ccc(/C=c2\sc3n(c2=O)CCN=3)c(OC)c1OC. The predicted octanol–water partition coefficient (Wildman–Crippen LogP) is 0.398. The molecule has 1 aliphatic rings. The van der Waals surface area contributed by atoms with Crippen molar-refractivity contribution in [3.8, 4) is 17.2 Å². The molecule has 0 amide bonds. The summed E-state index contributed by atoms with van der Waals surface area (Å²) in [6.07, 6.45) is 1.80. The summed E-state index contributed by atoms with van der Waals surface area (Å²) in [4.78, 5) is 17.4. The molecule has 1 aromatic heterocycles. The quantitative estimate of drug-likeness (QED) is 0.818. The molecular weight excluding hydrogens is 304 g/mol. The van der Waals surface area contributed by atoms with E-state index >= 15 is 0 Å². The maximum atomic E-state index is 12.3. The molecule has 6 nitrogen and oxygen atoms in total. The van der Waals surface area contributed by atoms with E-state index in [9.17, 15) is 4.79 Å². The molecule has 2 aromatic rings. The Morgan fingerprint density at radius 1 is 1.18 bits per heavy atom. The van der Waals surface area contributed by atoms with Crippen LogP contribution in [0.2, 0.25) is 0 Å². The molecule has 1 aliphatic heterocycles. The summed E-state index contributed by atoms with van der Waals surface area (Å²) in [5.74, 6) is 1.63. The third-order valence-corrected chi connectivity index (χ3v) is 4.52. The van der Waals surface area contributed by atoms with Crippen LogP contribution in [0.25, 0.3) is 6.08 Å². The lowest BCUT2D eigenvalue weighted by Crippen LogP contribution is -2.29. The van der Waals surface area contributed by atoms with Crippen molar-refractivity contribution in [2.75, 3.05) is 27.9 Å². The first-order valence-electron chi connectivity index (χ1n) is 6.74. The first kappa shape index (κ1) is 14.6. The minimum absolute atomic E-state index is 0.0157. The molecule has 0 aliphatic carbocycles. The molecule has 1 aromatic carbocycles. The van der Waals surface area contributed by atoms with Crippen molar-refractivity contribution in [3.63, 3.8) is 0 Å². The van der Waals surface area contributed by atoms with E-state index in [1.807, 2.05) is 6.07 Å². The van der Waals surface area contributed by atoms with Gasteiger partial charge in [0.25, 0.3) is 5.56 Å². The molecule has 0 radical (unpaired) electrons. The summed E-state index contributed by atoms with van der Waals surface area (Å²) < 4.78 is 18.4. The lowest BCUT2D eigenvalue weighted by Gasteiger charge is -2.13. The van der Waals surface area contributed by atoms with E-state index < -0.39 is 0 Å². The van der Waals surface area contributed by atoms with Crippen LogP contribution >= 0.6 is 11.3 Å². The second-order valence-electron chi connectivity index (χ2n) is 4.66. The van der Waals surface area contributed by atoms with Gasteiger partial charge in [-0.2, -0.15) is 0 Å². The van der Waals surface area contributed by atoms with Crippen LogP contribution in [0, 0.1) is 0 Å². The van der Waals surface area contributed by atoms with Gasteiger partial charge in [0.05, 0.1) is 32.4 Å². The molecule has 0 unspecified atom stereocenters. The van der Waals surface area contributed by atoms with Crippen LogP contribution in [0.5, 0.6) is 17.2 Å². The summed E-state index contributed by atoms with van der Waals surface area (Å²) in [5, 5.41) is 0. The van der Waals surface area contributed by atoms with Gasteiger partial charge in [-0.05, 0) is 18.2 Å². The molecule has 116 valence electrons. The van der Waals surface area contributed by atoms with E-state index in [-0.39, 0.29) is 5.56 Å². The zero-order valence-electron chi connectivity index (χ0n) is 12.6. The second kappa shape index (κ2) is 5.84. The van der Waals surface area contributed by atoms with Crippen molar-refractivity contribution in [2.45, 2.75) is 6.54 Å². The molecule has 0 spiro atoms. The number of aromatic nitrogens is 1. The van der Waals surface area contributed by atoms with Crippen molar-refractivity contribution >= 4 is 17.4 Å². The van der Waals surface area contributed by atoms with E-state index in [4.69, 9.17) is 14.2 Å². The zero-order chi connectivity index (χ0) is 15.7. The number of fused-ring (bicyclic) bond motifs is 1. The minimum Gasteiger partial charge on any atom is -0.493 e. The first-order chi connectivity index (χ1) is 10.7. The highest BCUT2D eigenvalue weighted by atomic mass is 32.1. The second-order valence-corrected chi connectivity index (χ2v) is 5.66. The van der Waals surface area contributed by atoms with Gasteiger partial charge in [0.1, 0.15) is 0 Å². The molecule has 22 heavy (non-hydrogen) atoms. The van der Waals surface area contributed by atoms with Gasteiger partial charge < -0.3 is 14.2 Å². The Morgan fingerprint density at radius 3 is 2.59 bits per heavy atom. The van der Waals surface area contributed by atoms with Crippen LogP contribution in [0.15, 0.2) is 21.9 Å². The molecule has 0 saturated carbocycles. The largest absolute Gasteiger partial charge is 0.493 e. The highest BCUT2D eigenvalue weighted by molar-refractivity contribution is 7.07. The molecule has 7 heteroatoms. The van der Waals surface area contributed by atoms with E-state index in [0.29, 0.717) is 34.9 Å². The molecule has 0 fully saturated rings. The Morgan fingerprint density at radius 2 is 1.95 bits per heavy atom. The normalized spacial score (nSPS) is 13.7. The molecule has 0 bridgehead atoms. The summed E-state index contributed by atoms with van der Waals surface area (Å²) in [6.45, 7) is 1.34. The van der Waals surface area contributed by atoms with Gasteiger partial charge in [0.2, 0.25) is 5.75 Å². The van der Waals surface area contributed by atoms with Crippen molar-refractivity contribution in [2.24, 2.45) is 4.99 Å². The fraction of sp³-hybridized carbons (Fsp3) is 0.333. The number of methoxy groups -OCH3 is 3. The summed E-state index contributed by atoms with van der Waals surface area (Å²) in [5.41, 5.74) is 0.746. The lowest BCUT2D eigenvalue weighted by molar-refractivity contribution is 0.324. The van der Waals surface area contributed by atoms with Gasteiger partial charge in [-0.1, -0.05) is 11.3 Å². The number of thiazole rings is 1. The molecule has 2 heterocycles. The third kappa shape index (κ3) is 2.27. The number of hydrogen-bond acceptors (Lipinski definition) is 6. The first-order valence-corrected chi connectivity index (χ1v) is 7.56. The Bertz CT molecular complexity index is 882. The zero-order valence-corrected chi connectivity index (χ0v) is 13.4. The monoisotopic (exact) mass is 320 g/mol. The summed E-state index contributed by atoms with van der Waals surface area (Å²) >= 11 is 1.39. The molecule has 3 rings (SSSR count). The standard InChI is InChI=1S/C15H16N2O4S/c1-19-10-5-4-9(12(20-2)13(10)21-3)8-11-14(18)17-7-6-16-15(17)22-11/h4-5,8H,6-7H2,1-3H3/b11-8-. The number of hydrogen-bond donors (Lipinski definition) is 0. The fourth-order valence-electron chi connectivity index (χ4n) is 2.45. The Balaban J connectivity index is 2.21. The Kier molecular flexibility index (Phi) is 3.89. The van der Waals surface area contributed by atoms with Gasteiger partial charge in [-0.3, -0.25) is 14.4 Å². The molecular formula is C15H16N2O4S. The number of ether oxygens (including phenoxy) is 3. The fourth-order valence-corrected chi connectivity index (χ4v) is 3.47. The van der Waals surface area contributed by atoms with Crippen LogP contribution < -0.4 is 29.1 Å². The number of nitrogens with zero attached hydrogens (tertiary/aromatic N) is 2. The highest BCUT2D eigenvalue weighted by Gasteiger charge is 2.15. The molecule has 0 saturated heterocycles. The number of rotatable bonds is 4. The van der Waals surface area contributed by atoms with Crippen LogP contribution in [-0.2, 0) is 6.54 Å². The molecule has 0 atom stereocenters. The predicted molar refractivity (Wildman–Crippen MR) is 83.9 cm³/mol. The van der Waals surface area contributed by atoms with Gasteiger partial charge in [-0.25, -0.2) is 0 Å². The lowest BCUT2D eigenvalue weighted by atomic mass is 10.1. The van der Waals surface area contributed by atoms with Crippen molar-refractivity contribution in [1.29, 1.82) is 0 Å². The minimum atomic E-state index is -0.0157. The molecule has 0 N–H and O–H groups in total. The topological polar surface area (TPSA) is 62.1 Å². The Hall–Kier alpha value is -2.28. The maximum absolute atomic E-state index is 12.3. The number of benzene rings is 1. The Labute approximate surface area is 130 Å². The third-order valence-electron chi connectivity index (χ3n) is 3.48. The average molecular weight is 320 g/mol. The van der Waals surface area contributed by atoms with Gasteiger partial charge in [0, 0.05) is 12.1 Å². The van der Waals surface area contributed by atoms with Crippen molar-refractivity contribution in [1.82, 2.24) is 4.57 Å². The van der Waals surface area contributed by atoms with Crippen LogP contribution in [-0.4, -0.2) is 32.4 Å². The van der Waals surface area contributed by atoms with Gasteiger partial charge in [-0.15, -0.1) is 0 Å². The van der Waals surface area contributed by atoms with Crippen LogP contribution in [0.3, 0.4) is 0 Å². The summed E-state index contributed by atoms with van der Waals surface area (Å²) in [7, 11) is 4.68. The van der Waals surface area contributed by atoms with Crippen molar-refractivity contribution in [3.05, 3.63) is 37.4 Å². The maximum Gasteiger partial charge on any atom is 0.270 e. The van der Waals surface area contributed by atoms with Gasteiger partial charge >= 0.3 is 0 Å². The van der Waals surface area contributed by atoms with E-state index in [0.717, 1.165) is 10.4 Å². The van der Waals surface area contributed by atoms with E-state index in [1.54, 1.807) is 38.0 Å². The van der Waals surface area contributed by atoms with E-state index in [2.05, 4.69) is 4.99 Å². The average Bonchev–Trinajstić information content (AvgIpc) is 3.10. The van der Waals surface area contributed by atoms with E-state index in [1.165, 1.54) is 11.3 Å². The summed E-state index contributed by atoms with van der Waals surface area (Å²) in [6, 6.07) is 3.63. The van der Waals surface area contributed by atoms with Crippen molar-refractivity contribution < 1.29 is 14.2 Å². The van der Waals surface area contributed by atoms with Crippen LogP contribution in [0.1, 0.15) is 5.56 Å². The smallest absolute Gasteiger partial charge is 0.270 e. The van der Waals surface area contributed by atoms with Crippen LogP contribution in [0.4, 0.5) is 0 Å². The van der Waals surface area contributed by atoms with Gasteiger partial charge in [0.15, 0.2) is 16.3 Å².